The lowest BCUT2D eigenvalue weighted by Gasteiger charge is -2.26. The van der Waals surface area contributed by atoms with Crippen LogP contribution in [0.5, 0.6) is 0 Å². The normalized spacial score (nSPS) is 16.3. The van der Waals surface area contributed by atoms with Gasteiger partial charge in [-0.1, -0.05) is 19.3 Å². The molecular weight excluding hydrogens is 256 g/mol. The van der Waals surface area contributed by atoms with Crippen LogP contribution in [-0.2, 0) is 11.2 Å². The van der Waals surface area contributed by atoms with E-state index in [1.807, 2.05) is 6.92 Å². The van der Waals surface area contributed by atoms with Crippen LogP contribution in [0.3, 0.4) is 0 Å². The predicted octanol–water partition coefficient (Wildman–Crippen LogP) is 2.38. The molecule has 0 amide bonds. The zero-order valence-electron chi connectivity index (χ0n) is 12.2. The van der Waals surface area contributed by atoms with E-state index in [-0.39, 0.29) is 18.2 Å². The highest BCUT2D eigenvalue weighted by Crippen LogP contribution is 2.28. The molecular formula is C15H22N2O3. The summed E-state index contributed by atoms with van der Waals surface area (Å²) in [6.45, 7) is 3.71. The first-order chi connectivity index (χ1) is 9.50. The van der Waals surface area contributed by atoms with Crippen LogP contribution in [0.15, 0.2) is 4.79 Å². The third-order valence-electron chi connectivity index (χ3n) is 4.23. The van der Waals surface area contributed by atoms with E-state index in [1.54, 1.807) is 11.5 Å². The smallest absolute Gasteiger partial charge is 0.348 e. The van der Waals surface area contributed by atoms with Crippen molar-refractivity contribution in [2.75, 3.05) is 0 Å². The molecule has 0 aromatic carbocycles. The molecule has 0 radical (unpaired) electrons. The van der Waals surface area contributed by atoms with Crippen LogP contribution in [0.25, 0.3) is 0 Å². The van der Waals surface area contributed by atoms with Crippen molar-refractivity contribution in [3.63, 3.8) is 0 Å². The second-order valence-electron chi connectivity index (χ2n) is 5.60. The molecule has 0 spiro atoms. The van der Waals surface area contributed by atoms with Gasteiger partial charge in [0, 0.05) is 23.9 Å². The number of hydrogen-bond donors (Lipinski definition) is 1. The maximum Gasteiger partial charge on any atom is 0.348 e. The van der Waals surface area contributed by atoms with Gasteiger partial charge in [-0.05, 0) is 38.7 Å². The van der Waals surface area contributed by atoms with Crippen molar-refractivity contribution in [1.82, 2.24) is 9.55 Å². The number of carboxylic acid groups (broad SMARTS) is 1. The van der Waals surface area contributed by atoms with Gasteiger partial charge in [-0.2, -0.15) is 4.98 Å². The summed E-state index contributed by atoms with van der Waals surface area (Å²) in [4.78, 5) is 27.0. The minimum Gasteiger partial charge on any atom is -0.481 e. The number of hydrogen-bond acceptors (Lipinski definition) is 3. The van der Waals surface area contributed by atoms with Crippen molar-refractivity contribution in [3.05, 3.63) is 27.4 Å². The van der Waals surface area contributed by atoms with Crippen LogP contribution in [0.4, 0.5) is 0 Å². The van der Waals surface area contributed by atoms with Gasteiger partial charge in [0.05, 0.1) is 0 Å². The third-order valence-corrected chi connectivity index (χ3v) is 4.23. The number of carboxylic acids is 1. The molecule has 20 heavy (non-hydrogen) atoms. The molecule has 5 heteroatoms. The van der Waals surface area contributed by atoms with E-state index in [2.05, 4.69) is 4.98 Å². The predicted molar refractivity (Wildman–Crippen MR) is 76.0 cm³/mol. The third kappa shape index (κ3) is 3.08. The fourth-order valence-corrected chi connectivity index (χ4v) is 3.18. The number of aliphatic carboxylic acids is 1. The first-order valence-corrected chi connectivity index (χ1v) is 7.31. The summed E-state index contributed by atoms with van der Waals surface area (Å²) in [7, 11) is 0. The van der Waals surface area contributed by atoms with Crippen LogP contribution < -0.4 is 5.69 Å². The molecule has 0 unspecified atom stereocenters. The summed E-state index contributed by atoms with van der Waals surface area (Å²) < 4.78 is 1.79. The Morgan fingerprint density at radius 3 is 2.55 bits per heavy atom. The highest BCUT2D eigenvalue weighted by molar-refractivity contribution is 5.67. The van der Waals surface area contributed by atoms with Gasteiger partial charge in [-0.25, -0.2) is 4.79 Å². The van der Waals surface area contributed by atoms with Gasteiger partial charge in [0.2, 0.25) is 0 Å². The minimum absolute atomic E-state index is 0.0756. The van der Waals surface area contributed by atoms with Crippen LogP contribution >= 0.6 is 0 Å². The second-order valence-corrected chi connectivity index (χ2v) is 5.60. The van der Waals surface area contributed by atoms with Crippen LogP contribution in [0.1, 0.15) is 61.5 Å². The molecule has 0 atom stereocenters. The van der Waals surface area contributed by atoms with Crippen molar-refractivity contribution >= 4 is 5.97 Å². The van der Waals surface area contributed by atoms with Gasteiger partial charge in [-0.15, -0.1) is 0 Å². The van der Waals surface area contributed by atoms with E-state index < -0.39 is 5.97 Å². The molecule has 110 valence electrons. The van der Waals surface area contributed by atoms with Crippen LogP contribution in [0, 0.1) is 13.8 Å². The fourth-order valence-electron chi connectivity index (χ4n) is 3.18. The van der Waals surface area contributed by atoms with Gasteiger partial charge < -0.3 is 5.11 Å². The number of aryl methyl sites for hydroxylation is 1. The molecule has 1 aromatic heterocycles. The van der Waals surface area contributed by atoms with E-state index in [0.717, 1.165) is 36.9 Å². The average Bonchev–Trinajstić information content (AvgIpc) is 2.38. The fraction of sp³-hybridized carbons (Fsp3) is 0.667. The van der Waals surface area contributed by atoms with Gasteiger partial charge in [0.25, 0.3) is 0 Å². The maximum atomic E-state index is 12.2. The van der Waals surface area contributed by atoms with Crippen molar-refractivity contribution in [3.8, 4) is 0 Å². The largest absolute Gasteiger partial charge is 0.481 e. The minimum atomic E-state index is -0.820. The first-order valence-electron chi connectivity index (χ1n) is 7.31. The van der Waals surface area contributed by atoms with Crippen molar-refractivity contribution in [2.24, 2.45) is 0 Å². The lowest BCUT2D eigenvalue weighted by Crippen LogP contribution is -2.32. The topological polar surface area (TPSA) is 72.2 Å². The van der Waals surface area contributed by atoms with Crippen molar-refractivity contribution < 1.29 is 9.90 Å². The number of nitrogens with zero attached hydrogens (tertiary/aromatic N) is 2. The Hall–Kier alpha value is -1.65. The summed E-state index contributed by atoms with van der Waals surface area (Å²) in [5, 5.41) is 8.84. The van der Waals surface area contributed by atoms with Crippen molar-refractivity contribution in [1.29, 1.82) is 0 Å². The molecule has 0 saturated heterocycles. The molecule has 0 bridgehead atoms. The molecule has 5 nitrogen and oxygen atoms in total. The molecule has 1 saturated carbocycles. The van der Waals surface area contributed by atoms with Crippen LogP contribution in [-0.4, -0.2) is 20.6 Å². The standard InChI is InChI=1S/C15H22N2O3/c1-10-13(8-9-14(18)19)11(2)17(15(20)16-10)12-6-4-3-5-7-12/h12H,3-9H2,1-2H3,(H,18,19). The van der Waals surface area contributed by atoms with E-state index in [0.29, 0.717) is 12.1 Å². The molecule has 1 fully saturated rings. The van der Waals surface area contributed by atoms with Crippen molar-refractivity contribution in [2.45, 2.75) is 64.8 Å². The lowest BCUT2D eigenvalue weighted by molar-refractivity contribution is -0.136. The Kier molecular flexibility index (Phi) is 4.57. The maximum absolute atomic E-state index is 12.2. The highest BCUT2D eigenvalue weighted by atomic mass is 16.4. The van der Waals surface area contributed by atoms with E-state index >= 15 is 0 Å². The van der Waals surface area contributed by atoms with E-state index in [9.17, 15) is 9.59 Å². The number of rotatable bonds is 4. The summed E-state index contributed by atoms with van der Waals surface area (Å²) in [6, 6.07) is 0.230. The van der Waals surface area contributed by atoms with E-state index in [1.165, 1.54) is 6.42 Å². The van der Waals surface area contributed by atoms with Gasteiger partial charge in [0.15, 0.2) is 0 Å². The zero-order valence-corrected chi connectivity index (χ0v) is 12.2. The second kappa shape index (κ2) is 6.20. The molecule has 1 heterocycles. The number of aromatic nitrogens is 2. The molecule has 1 aliphatic carbocycles. The van der Waals surface area contributed by atoms with Gasteiger partial charge in [0.1, 0.15) is 0 Å². The SMILES string of the molecule is Cc1nc(=O)n(C2CCCCC2)c(C)c1CCC(=O)O. The average molecular weight is 278 g/mol. The monoisotopic (exact) mass is 278 g/mol. The Bertz CT molecular complexity index is 557. The molecule has 1 aromatic rings. The lowest BCUT2D eigenvalue weighted by atomic mass is 9.94. The highest BCUT2D eigenvalue weighted by Gasteiger charge is 2.21. The molecule has 0 aliphatic heterocycles. The Labute approximate surface area is 118 Å². The summed E-state index contributed by atoms with van der Waals surface area (Å²) in [6.07, 6.45) is 6.08. The molecule has 1 N–H and O–H groups in total. The summed E-state index contributed by atoms with van der Waals surface area (Å²) in [5.41, 5.74) is 2.29. The Morgan fingerprint density at radius 1 is 1.30 bits per heavy atom. The zero-order chi connectivity index (χ0) is 14.7. The molecule has 2 rings (SSSR count). The Morgan fingerprint density at radius 2 is 1.95 bits per heavy atom. The summed E-state index contributed by atoms with van der Waals surface area (Å²) in [5.74, 6) is -0.820. The van der Waals surface area contributed by atoms with Gasteiger partial charge >= 0.3 is 11.7 Å². The molecule has 1 aliphatic rings. The van der Waals surface area contributed by atoms with E-state index in [4.69, 9.17) is 5.11 Å². The summed E-state index contributed by atoms with van der Waals surface area (Å²) >= 11 is 0. The van der Waals surface area contributed by atoms with Crippen LogP contribution in [0.2, 0.25) is 0 Å². The quantitative estimate of drug-likeness (QED) is 0.917. The Balaban J connectivity index is 2.38. The number of carbonyl (C=O) groups is 1. The first kappa shape index (κ1) is 14.8. The van der Waals surface area contributed by atoms with Gasteiger partial charge in [-0.3, -0.25) is 9.36 Å².